The molecule has 0 spiro atoms. The van der Waals surface area contributed by atoms with Gasteiger partial charge in [0.1, 0.15) is 6.04 Å². The molecule has 0 N–H and O–H groups in total. The van der Waals surface area contributed by atoms with Crippen LogP contribution in [0.15, 0.2) is 17.5 Å². The number of carbonyl (C=O) groups is 2. The van der Waals surface area contributed by atoms with E-state index in [0.717, 1.165) is 32.1 Å². The fraction of sp³-hybridized carbons (Fsp3) is 0.600. The summed E-state index contributed by atoms with van der Waals surface area (Å²) in [5.74, 6) is -0.201. The van der Waals surface area contributed by atoms with Gasteiger partial charge in [0, 0.05) is 17.8 Å². The molecular weight excluding hydrogens is 274 g/mol. The van der Waals surface area contributed by atoms with E-state index in [1.165, 1.54) is 12.0 Å². The van der Waals surface area contributed by atoms with E-state index in [9.17, 15) is 9.59 Å². The summed E-state index contributed by atoms with van der Waals surface area (Å²) in [6.07, 6.45) is 4.96. The molecular formula is C15H21NO3S. The highest BCUT2D eigenvalue weighted by Gasteiger charge is 2.32. The summed E-state index contributed by atoms with van der Waals surface area (Å²) in [5.41, 5.74) is 0. The molecule has 1 aromatic rings. The summed E-state index contributed by atoms with van der Waals surface area (Å²) < 4.78 is 4.80. The molecule has 110 valence electrons. The molecule has 0 aromatic carbocycles. The lowest BCUT2D eigenvalue weighted by Gasteiger charge is -2.33. The van der Waals surface area contributed by atoms with Crippen molar-refractivity contribution in [3.63, 3.8) is 0 Å². The number of carbonyl (C=O) groups excluding carboxylic acids is 2. The topological polar surface area (TPSA) is 46.6 Å². The Morgan fingerprint density at radius 3 is 3.00 bits per heavy atom. The van der Waals surface area contributed by atoms with Gasteiger partial charge in [-0.3, -0.25) is 4.79 Å². The number of esters is 1. The number of piperidine rings is 1. The number of hydrogen-bond donors (Lipinski definition) is 0. The SMILES string of the molecule is COC(=O)[C@H]1CCCCN1C(=O)CCCc1cccs1. The van der Waals surface area contributed by atoms with E-state index in [2.05, 4.69) is 11.4 Å². The standard InChI is InChI=1S/C15H21NO3S/c1-19-15(18)13-8-2-3-10-16(13)14(17)9-4-6-12-7-5-11-20-12/h5,7,11,13H,2-4,6,8-10H2,1H3/t13-/m1/s1. The number of ether oxygens (including phenoxy) is 1. The van der Waals surface area contributed by atoms with Gasteiger partial charge in [0.05, 0.1) is 7.11 Å². The van der Waals surface area contributed by atoms with Crippen LogP contribution < -0.4 is 0 Å². The Labute approximate surface area is 123 Å². The number of rotatable bonds is 5. The minimum atomic E-state index is -0.372. The normalized spacial score (nSPS) is 18.9. The number of thiophene rings is 1. The Morgan fingerprint density at radius 2 is 2.30 bits per heavy atom. The van der Waals surface area contributed by atoms with E-state index in [-0.39, 0.29) is 17.9 Å². The van der Waals surface area contributed by atoms with Crippen molar-refractivity contribution in [1.29, 1.82) is 0 Å². The zero-order valence-electron chi connectivity index (χ0n) is 11.8. The van der Waals surface area contributed by atoms with E-state index in [4.69, 9.17) is 4.74 Å². The minimum Gasteiger partial charge on any atom is -0.467 e. The van der Waals surface area contributed by atoms with Gasteiger partial charge in [-0.05, 0) is 43.6 Å². The monoisotopic (exact) mass is 295 g/mol. The molecule has 1 atom stereocenters. The molecule has 0 bridgehead atoms. The molecule has 0 saturated carbocycles. The van der Waals surface area contributed by atoms with Crippen molar-refractivity contribution >= 4 is 23.2 Å². The second kappa shape index (κ2) is 7.43. The van der Waals surface area contributed by atoms with Crippen LogP contribution in [0.4, 0.5) is 0 Å². The summed E-state index contributed by atoms with van der Waals surface area (Å²) in [6, 6.07) is 3.75. The van der Waals surface area contributed by atoms with Crippen LogP contribution in [0, 0.1) is 0 Å². The molecule has 1 amide bonds. The fourth-order valence-corrected chi connectivity index (χ4v) is 3.37. The minimum absolute atomic E-state index is 0.0802. The summed E-state index contributed by atoms with van der Waals surface area (Å²) >= 11 is 1.72. The third-order valence-corrected chi connectivity index (χ3v) is 4.63. The first-order valence-electron chi connectivity index (χ1n) is 7.12. The van der Waals surface area contributed by atoms with Crippen molar-refractivity contribution in [1.82, 2.24) is 4.90 Å². The molecule has 4 nitrogen and oxygen atoms in total. The lowest BCUT2D eigenvalue weighted by atomic mass is 10.0. The van der Waals surface area contributed by atoms with Crippen molar-refractivity contribution in [3.05, 3.63) is 22.4 Å². The first kappa shape index (κ1) is 15.0. The molecule has 2 rings (SSSR count). The van der Waals surface area contributed by atoms with Crippen LogP contribution >= 0.6 is 11.3 Å². The van der Waals surface area contributed by atoms with Crippen molar-refractivity contribution in [2.45, 2.75) is 44.6 Å². The highest BCUT2D eigenvalue weighted by Crippen LogP contribution is 2.20. The van der Waals surface area contributed by atoms with Crippen molar-refractivity contribution in [2.24, 2.45) is 0 Å². The predicted octanol–water partition coefficient (Wildman–Crippen LogP) is 2.62. The highest BCUT2D eigenvalue weighted by atomic mass is 32.1. The molecule has 1 fully saturated rings. The maximum Gasteiger partial charge on any atom is 0.328 e. The Balaban J connectivity index is 1.84. The number of amides is 1. The van der Waals surface area contributed by atoms with E-state index in [0.29, 0.717) is 13.0 Å². The van der Waals surface area contributed by atoms with Crippen LogP contribution in [-0.2, 0) is 20.7 Å². The van der Waals surface area contributed by atoms with Gasteiger partial charge in [-0.1, -0.05) is 6.07 Å². The van der Waals surface area contributed by atoms with Crippen LogP contribution in [0.25, 0.3) is 0 Å². The lowest BCUT2D eigenvalue weighted by molar-refractivity contribution is -0.154. The Kier molecular flexibility index (Phi) is 5.59. The predicted molar refractivity (Wildman–Crippen MR) is 78.6 cm³/mol. The molecule has 1 aromatic heterocycles. The van der Waals surface area contributed by atoms with Crippen molar-refractivity contribution in [3.8, 4) is 0 Å². The summed E-state index contributed by atoms with van der Waals surface area (Å²) in [4.78, 5) is 27.0. The van der Waals surface area contributed by atoms with Crippen molar-refractivity contribution in [2.75, 3.05) is 13.7 Å². The van der Waals surface area contributed by atoms with Gasteiger partial charge in [0.15, 0.2) is 0 Å². The number of likely N-dealkylation sites (tertiary alicyclic amines) is 1. The largest absolute Gasteiger partial charge is 0.467 e. The smallest absolute Gasteiger partial charge is 0.328 e. The molecule has 20 heavy (non-hydrogen) atoms. The maximum atomic E-state index is 12.3. The summed E-state index contributed by atoms with van der Waals surface area (Å²) in [7, 11) is 1.39. The Bertz CT molecular complexity index is 444. The highest BCUT2D eigenvalue weighted by molar-refractivity contribution is 7.09. The first-order chi connectivity index (χ1) is 9.72. The van der Waals surface area contributed by atoms with Crippen LogP contribution in [0.5, 0.6) is 0 Å². The van der Waals surface area contributed by atoms with E-state index in [1.54, 1.807) is 16.2 Å². The average molecular weight is 295 g/mol. The lowest BCUT2D eigenvalue weighted by Crippen LogP contribution is -2.48. The third kappa shape index (κ3) is 3.82. The fourth-order valence-electron chi connectivity index (χ4n) is 2.62. The zero-order valence-corrected chi connectivity index (χ0v) is 12.7. The van der Waals surface area contributed by atoms with Gasteiger partial charge in [0.2, 0.25) is 5.91 Å². The summed E-state index contributed by atoms with van der Waals surface area (Å²) in [6.45, 7) is 0.678. The number of methoxy groups -OCH3 is 1. The molecule has 0 unspecified atom stereocenters. The first-order valence-corrected chi connectivity index (χ1v) is 8.00. The quantitative estimate of drug-likeness (QED) is 0.785. The molecule has 2 heterocycles. The van der Waals surface area contributed by atoms with Crippen LogP contribution in [0.3, 0.4) is 0 Å². The molecule has 0 radical (unpaired) electrons. The molecule has 1 saturated heterocycles. The van der Waals surface area contributed by atoms with Crippen LogP contribution in [0.1, 0.15) is 37.0 Å². The molecule has 0 aliphatic carbocycles. The van der Waals surface area contributed by atoms with E-state index >= 15 is 0 Å². The van der Waals surface area contributed by atoms with Gasteiger partial charge in [0.25, 0.3) is 0 Å². The van der Waals surface area contributed by atoms with Gasteiger partial charge in [-0.25, -0.2) is 4.79 Å². The maximum absolute atomic E-state index is 12.3. The Hall–Kier alpha value is -1.36. The zero-order chi connectivity index (χ0) is 14.4. The average Bonchev–Trinajstić information content (AvgIpc) is 2.99. The number of hydrogen-bond acceptors (Lipinski definition) is 4. The van der Waals surface area contributed by atoms with Crippen LogP contribution in [-0.4, -0.2) is 36.5 Å². The molecule has 5 heteroatoms. The van der Waals surface area contributed by atoms with E-state index in [1.807, 2.05) is 6.07 Å². The summed E-state index contributed by atoms with van der Waals surface area (Å²) in [5, 5.41) is 2.05. The van der Waals surface area contributed by atoms with Gasteiger partial charge < -0.3 is 9.64 Å². The van der Waals surface area contributed by atoms with E-state index < -0.39 is 0 Å². The van der Waals surface area contributed by atoms with Gasteiger partial charge in [-0.2, -0.15) is 0 Å². The Morgan fingerprint density at radius 1 is 1.45 bits per heavy atom. The van der Waals surface area contributed by atoms with Gasteiger partial charge in [-0.15, -0.1) is 11.3 Å². The van der Waals surface area contributed by atoms with Crippen LogP contribution in [0.2, 0.25) is 0 Å². The number of aryl methyl sites for hydroxylation is 1. The molecule has 1 aliphatic rings. The second-order valence-corrected chi connectivity index (χ2v) is 6.09. The van der Waals surface area contributed by atoms with Crippen molar-refractivity contribution < 1.29 is 14.3 Å². The number of nitrogens with zero attached hydrogens (tertiary/aromatic N) is 1. The second-order valence-electron chi connectivity index (χ2n) is 5.05. The van der Waals surface area contributed by atoms with Gasteiger partial charge >= 0.3 is 5.97 Å². The molecule has 1 aliphatic heterocycles. The third-order valence-electron chi connectivity index (χ3n) is 3.69.